The van der Waals surface area contributed by atoms with E-state index < -0.39 is 0 Å². The normalized spacial score (nSPS) is 28.8. The van der Waals surface area contributed by atoms with E-state index in [1.165, 1.54) is 125 Å². The van der Waals surface area contributed by atoms with Gasteiger partial charge in [-0.3, -0.25) is 4.98 Å². The zero-order valence-electron chi connectivity index (χ0n) is 30.9. The molecule has 4 unspecified atom stereocenters. The number of fused-ring (bicyclic) bond motifs is 6. The van der Waals surface area contributed by atoms with Crippen molar-refractivity contribution < 1.29 is 9.14 Å². The minimum absolute atomic E-state index is 0.0921. The summed E-state index contributed by atoms with van der Waals surface area (Å²) in [6.07, 6.45) is 22.8. The Kier molecular flexibility index (Phi) is 6.73. The Hall–Kier alpha value is -3.79. The summed E-state index contributed by atoms with van der Waals surface area (Å²) in [4.78, 5) is 8.21. The van der Waals surface area contributed by atoms with Crippen LogP contribution in [-0.2, 0) is 5.41 Å². The minimum atomic E-state index is -0.184. The Morgan fingerprint density at radius 3 is 2.44 bits per heavy atom. The van der Waals surface area contributed by atoms with Crippen LogP contribution in [0.5, 0.6) is 0 Å². The largest absolute Gasteiger partial charge is 0.358 e. The molecule has 4 aromatic rings. The Balaban J connectivity index is 1.30. The molecule has 4 nitrogen and oxygen atoms in total. The van der Waals surface area contributed by atoms with Crippen LogP contribution in [0.15, 0.2) is 73.2 Å². The third kappa shape index (κ3) is 3.91. The molecule has 0 saturated heterocycles. The molecule has 4 heteroatoms. The molecule has 4 atom stereocenters. The van der Waals surface area contributed by atoms with Crippen molar-refractivity contribution in [2.75, 3.05) is 6.54 Å². The Labute approximate surface area is 298 Å². The summed E-state index contributed by atoms with van der Waals surface area (Å²) >= 11 is 0. The van der Waals surface area contributed by atoms with Crippen LogP contribution in [0.2, 0.25) is 0 Å². The number of hydrogen-bond acceptors (Lipinski definition) is 2. The molecule has 6 aliphatic rings. The molecule has 2 aromatic heterocycles. The third-order valence-corrected chi connectivity index (χ3v) is 14.5. The van der Waals surface area contributed by atoms with E-state index in [1.807, 2.05) is 6.20 Å². The van der Waals surface area contributed by atoms with Gasteiger partial charge in [0.1, 0.15) is 5.54 Å². The lowest BCUT2D eigenvalue weighted by atomic mass is 9.48. The van der Waals surface area contributed by atoms with Crippen molar-refractivity contribution in [2.45, 2.75) is 134 Å². The molecule has 1 spiro atoms. The fourth-order valence-corrected chi connectivity index (χ4v) is 12.6. The summed E-state index contributed by atoms with van der Waals surface area (Å²) in [5.74, 6) is 0.655. The van der Waals surface area contributed by atoms with Crippen molar-refractivity contribution in [1.82, 2.24) is 9.88 Å². The van der Waals surface area contributed by atoms with Gasteiger partial charge in [-0.15, -0.1) is 6.58 Å². The Bertz CT molecular complexity index is 2170. The van der Waals surface area contributed by atoms with Gasteiger partial charge in [-0.1, -0.05) is 69.4 Å². The number of aromatic nitrogens is 2. The maximum absolute atomic E-state index is 5.18. The van der Waals surface area contributed by atoms with Crippen LogP contribution in [0.4, 0.5) is 0 Å². The molecule has 2 aromatic carbocycles. The Morgan fingerprint density at radius 2 is 1.68 bits per heavy atom. The second-order valence-electron chi connectivity index (χ2n) is 17.5. The van der Waals surface area contributed by atoms with Crippen molar-refractivity contribution >= 4 is 27.4 Å². The zero-order valence-corrected chi connectivity index (χ0v) is 30.9. The van der Waals surface area contributed by atoms with E-state index in [9.17, 15) is 0 Å². The molecular weight excluding hydrogens is 609 g/mol. The molecule has 2 aliphatic heterocycles. The second kappa shape index (κ2) is 10.9. The standard InChI is InChI=1S/C46H54N4/c1-7-36-43-40(46(36)27-49(33-16-10-8-11-17-33)29(3)25-30(4)50(46)34-18-12-9-13-19-34)35-26-32-15-14-21-47-42(32)41-39(35)44-38-31(20-22-48(43)44)23-28(2)24-37(38)45(41,5)6/h7,14-15,20-26,33-34,36,40,43H,1,8-13,16-19,27H2,2-6H3/q+2. The van der Waals surface area contributed by atoms with Gasteiger partial charge in [0.2, 0.25) is 5.69 Å². The number of rotatable bonds is 3. The summed E-state index contributed by atoms with van der Waals surface area (Å²) in [5, 5.41) is 4.10. The lowest BCUT2D eigenvalue weighted by Gasteiger charge is -2.64. The van der Waals surface area contributed by atoms with Crippen molar-refractivity contribution in [3.63, 3.8) is 0 Å². The van der Waals surface area contributed by atoms with Crippen LogP contribution >= 0.6 is 0 Å². The molecule has 50 heavy (non-hydrogen) atoms. The van der Waals surface area contributed by atoms with Gasteiger partial charge in [0.15, 0.2) is 30.5 Å². The SMILES string of the molecule is C=CC1C2C(c3cc4cccnc4c4c3-c3c5c(cc(C)cc5cc[n+]32)C4(C)C)C12C[N+](C1CCCCC1)=C(C)C=C(C)N2C1CCCCC1. The van der Waals surface area contributed by atoms with Crippen molar-refractivity contribution in [3.8, 4) is 11.3 Å². The molecular formula is C46H54N4+2. The van der Waals surface area contributed by atoms with Crippen LogP contribution in [0.3, 0.4) is 0 Å². The van der Waals surface area contributed by atoms with Crippen molar-refractivity contribution in [1.29, 1.82) is 0 Å². The van der Waals surface area contributed by atoms with Gasteiger partial charge in [-0.2, -0.15) is 4.57 Å². The third-order valence-electron chi connectivity index (χ3n) is 14.5. The van der Waals surface area contributed by atoms with Gasteiger partial charge in [0, 0.05) is 66.2 Å². The van der Waals surface area contributed by atoms with Gasteiger partial charge in [-0.25, -0.2) is 4.58 Å². The quantitative estimate of drug-likeness (QED) is 0.161. The number of nitrogens with zero attached hydrogens (tertiary/aromatic N) is 4. The van der Waals surface area contributed by atoms with Gasteiger partial charge in [-0.05, 0) is 68.2 Å². The predicted molar refractivity (Wildman–Crippen MR) is 205 cm³/mol. The molecule has 0 bridgehead atoms. The van der Waals surface area contributed by atoms with Crippen LogP contribution in [-0.4, -0.2) is 44.3 Å². The first kappa shape index (κ1) is 31.0. The smallest absolute Gasteiger partial charge is 0.221 e. The first-order chi connectivity index (χ1) is 24.3. The van der Waals surface area contributed by atoms with Crippen molar-refractivity contribution in [2.24, 2.45) is 5.92 Å². The van der Waals surface area contributed by atoms with Crippen LogP contribution in [0, 0.1) is 12.8 Å². The summed E-state index contributed by atoms with van der Waals surface area (Å²) in [6, 6.07) is 15.9. The summed E-state index contributed by atoms with van der Waals surface area (Å²) < 4.78 is 5.64. The summed E-state index contributed by atoms with van der Waals surface area (Å²) in [6.45, 7) is 17.9. The highest BCUT2D eigenvalue weighted by molar-refractivity contribution is 6.05. The number of hydrogen-bond donors (Lipinski definition) is 0. The lowest BCUT2D eigenvalue weighted by Crippen LogP contribution is -2.78. The number of allylic oxidation sites excluding steroid dienone is 2. The molecule has 3 fully saturated rings. The topological polar surface area (TPSA) is 23.0 Å². The van der Waals surface area contributed by atoms with E-state index in [1.54, 1.807) is 5.56 Å². The number of aryl methyl sites for hydroxylation is 1. The first-order valence-electron chi connectivity index (χ1n) is 19.9. The monoisotopic (exact) mass is 662 g/mol. The van der Waals surface area contributed by atoms with E-state index in [0.717, 1.165) is 6.54 Å². The highest BCUT2D eigenvalue weighted by Gasteiger charge is 2.75. The Morgan fingerprint density at radius 1 is 0.920 bits per heavy atom. The molecule has 4 heterocycles. The van der Waals surface area contributed by atoms with Gasteiger partial charge >= 0.3 is 0 Å². The first-order valence-corrected chi connectivity index (χ1v) is 19.9. The molecule has 10 rings (SSSR count). The van der Waals surface area contributed by atoms with E-state index in [4.69, 9.17) is 11.6 Å². The fourth-order valence-electron chi connectivity index (χ4n) is 12.6. The van der Waals surface area contributed by atoms with E-state index in [-0.39, 0.29) is 11.0 Å². The summed E-state index contributed by atoms with van der Waals surface area (Å²) in [7, 11) is 0. The van der Waals surface area contributed by atoms with Gasteiger partial charge < -0.3 is 4.90 Å². The second-order valence-corrected chi connectivity index (χ2v) is 17.5. The molecule has 0 radical (unpaired) electrons. The van der Waals surface area contributed by atoms with E-state index >= 15 is 0 Å². The average Bonchev–Trinajstić information content (AvgIpc) is 3.23. The average molecular weight is 663 g/mol. The van der Waals surface area contributed by atoms with Crippen LogP contribution in [0.1, 0.15) is 126 Å². The predicted octanol–water partition coefficient (Wildman–Crippen LogP) is 9.84. The molecule has 0 amide bonds. The van der Waals surface area contributed by atoms with E-state index in [2.05, 4.69) is 103 Å². The number of pyridine rings is 2. The van der Waals surface area contributed by atoms with Crippen LogP contribution < -0.4 is 4.57 Å². The molecule has 3 saturated carbocycles. The minimum Gasteiger partial charge on any atom is -0.358 e. The zero-order chi connectivity index (χ0) is 34.1. The van der Waals surface area contributed by atoms with Gasteiger partial charge in [0.25, 0.3) is 0 Å². The van der Waals surface area contributed by atoms with E-state index in [0.29, 0.717) is 30.0 Å². The maximum Gasteiger partial charge on any atom is 0.221 e. The molecule has 256 valence electrons. The van der Waals surface area contributed by atoms with Gasteiger partial charge in [0.05, 0.1) is 28.3 Å². The lowest BCUT2D eigenvalue weighted by molar-refractivity contribution is -0.745. The molecule has 0 N–H and O–H groups in total. The molecule has 4 aliphatic carbocycles. The van der Waals surface area contributed by atoms with Crippen molar-refractivity contribution in [3.05, 3.63) is 95.5 Å². The highest BCUT2D eigenvalue weighted by atomic mass is 15.3. The fraction of sp³-hybridized carbons (Fsp3) is 0.500. The maximum atomic E-state index is 5.18. The highest BCUT2D eigenvalue weighted by Crippen LogP contribution is 2.67. The van der Waals surface area contributed by atoms with Crippen LogP contribution in [0.25, 0.3) is 32.9 Å². The summed E-state index contributed by atoms with van der Waals surface area (Å²) in [5.41, 5.74) is 12.5. The number of benzene rings is 2.